The molecule has 0 aliphatic rings. The van der Waals surface area contributed by atoms with Gasteiger partial charge in [0.25, 0.3) is 0 Å². The van der Waals surface area contributed by atoms with Gasteiger partial charge in [0.2, 0.25) is 0 Å². The lowest BCUT2D eigenvalue weighted by Gasteiger charge is -2.15. The van der Waals surface area contributed by atoms with E-state index in [1.165, 1.54) is 0 Å². The van der Waals surface area contributed by atoms with Gasteiger partial charge in [-0.05, 0) is 47.7 Å². The van der Waals surface area contributed by atoms with Crippen molar-refractivity contribution in [3.63, 3.8) is 0 Å². The number of benzene rings is 2. The van der Waals surface area contributed by atoms with Crippen molar-refractivity contribution in [3.05, 3.63) is 70.9 Å². The van der Waals surface area contributed by atoms with Gasteiger partial charge in [0.05, 0.1) is 0 Å². The first kappa shape index (κ1) is 17.1. The van der Waals surface area contributed by atoms with Crippen molar-refractivity contribution < 1.29 is 4.79 Å². The minimum atomic E-state index is -0.258. The van der Waals surface area contributed by atoms with Crippen LogP contribution >= 0.6 is 11.6 Å². The highest BCUT2D eigenvalue weighted by Gasteiger charge is 2.09. The zero-order valence-corrected chi connectivity index (χ0v) is 14.1. The third-order valence-electron chi connectivity index (χ3n) is 3.71. The van der Waals surface area contributed by atoms with Gasteiger partial charge in [-0.2, -0.15) is 0 Å². The fourth-order valence-electron chi connectivity index (χ4n) is 2.21. The van der Waals surface area contributed by atoms with Crippen LogP contribution in [0.15, 0.2) is 54.7 Å². The Morgan fingerprint density at radius 2 is 1.87 bits per heavy atom. The fraction of sp³-hybridized carbons (Fsp3) is 0.211. The Hall–Kier alpha value is -2.26. The van der Waals surface area contributed by atoms with Crippen LogP contribution in [-0.2, 0) is 0 Å². The maximum Gasteiger partial charge on any atom is 0.323 e. The highest BCUT2D eigenvalue weighted by atomic mass is 35.5. The smallest absolute Gasteiger partial charge is 0.314 e. The topological polar surface area (TPSA) is 41.1 Å². The molecule has 120 valence electrons. The molecule has 1 unspecified atom stereocenters. The van der Waals surface area contributed by atoms with Crippen molar-refractivity contribution in [1.29, 1.82) is 0 Å². The van der Waals surface area contributed by atoms with E-state index in [2.05, 4.69) is 24.5 Å². The third-order valence-corrected chi connectivity index (χ3v) is 3.96. The Morgan fingerprint density at radius 1 is 1.17 bits per heavy atom. The molecule has 0 aromatic heterocycles. The quantitative estimate of drug-likeness (QED) is 0.732. The average molecular weight is 329 g/mol. The number of carbonyl (C=O) groups is 1. The molecule has 2 rings (SSSR count). The molecular weight excluding hydrogens is 308 g/mol. The lowest BCUT2D eigenvalue weighted by Crippen LogP contribution is -2.24. The van der Waals surface area contributed by atoms with Crippen molar-refractivity contribution in [2.75, 3.05) is 5.32 Å². The van der Waals surface area contributed by atoms with Crippen molar-refractivity contribution in [3.8, 4) is 0 Å². The molecule has 0 fully saturated rings. The van der Waals surface area contributed by atoms with E-state index in [-0.39, 0.29) is 6.03 Å². The number of carbonyl (C=O) groups excluding carboxylic acids is 1. The van der Waals surface area contributed by atoms with E-state index in [1.807, 2.05) is 54.6 Å². The first-order chi connectivity index (χ1) is 11.1. The summed E-state index contributed by atoms with van der Waals surface area (Å²) < 4.78 is 0. The number of nitrogens with one attached hydrogen (secondary N) is 2. The average Bonchev–Trinajstić information content (AvgIpc) is 2.56. The van der Waals surface area contributed by atoms with Crippen LogP contribution in [0.25, 0.3) is 6.08 Å². The molecule has 2 aromatic rings. The Labute approximate surface area is 142 Å². The predicted octanol–water partition coefficient (Wildman–Crippen LogP) is 5.65. The van der Waals surface area contributed by atoms with E-state index in [0.29, 0.717) is 10.9 Å². The lowest BCUT2D eigenvalue weighted by molar-refractivity contribution is 0.255. The number of halogens is 1. The van der Waals surface area contributed by atoms with Crippen LogP contribution in [-0.4, -0.2) is 6.03 Å². The second kappa shape index (κ2) is 8.39. The van der Waals surface area contributed by atoms with E-state index in [9.17, 15) is 4.79 Å². The molecule has 0 aliphatic carbocycles. The van der Waals surface area contributed by atoms with Gasteiger partial charge in [-0.15, -0.1) is 0 Å². The zero-order chi connectivity index (χ0) is 16.7. The SMILES string of the molecule is CCC(C)c1ccccc1NC(=O)N/C=C/c1ccc(Cl)cc1. The van der Waals surface area contributed by atoms with E-state index in [4.69, 9.17) is 11.6 Å². The van der Waals surface area contributed by atoms with Gasteiger partial charge in [0.15, 0.2) is 0 Å². The summed E-state index contributed by atoms with van der Waals surface area (Å²) in [6.07, 6.45) is 4.46. The van der Waals surface area contributed by atoms with E-state index in [0.717, 1.165) is 23.2 Å². The molecule has 2 aromatic carbocycles. The summed E-state index contributed by atoms with van der Waals surface area (Å²) in [5.74, 6) is 0.399. The van der Waals surface area contributed by atoms with Crippen LogP contribution < -0.4 is 10.6 Å². The van der Waals surface area contributed by atoms with Gasteiger partial charge in [-0.1, -0.05) is 55.8 Å². The Bertz CT molecular complexity index is 680. The second-order valence-corrected chi connectivity index (χ2v) is 5.82. The van der Waals surface area contributed by atoms with Crippen LogP contribution in [0.5, 0.6) is 0 Å². The van der Waals surface area contributed by atoms with Crippen molar-refractivity contribution in [2.24, 2.45) is 0 Å². The summed E-state index contributed by atoms with van der Waals surface area (Å²) >= 11 is 5.83. The Balaban J connectivity index is 1.96. The molecule has 0 spiro atoms. The minimum absolute atomic E-state index is 0.258. The van der Waals surface area contributed by atoms with E-state index < -0.39 is 0 Å². The van der Waals surface area contributed by atoms with Crippen molar-refractivity contribution in [1.82, 2.24) is 5.32 Å². The molecule has 23 heavy (non-hydrogen) atoms. The number of urea groups is 1. The van der Waals surface area contributed by atoms with Crippen molar-refractivity contribution in [2.45, 2.75) is 26.2 Å². The molecule has 0 saturated heterocycles. The summed E-state index contributed by atoms with van der Waals surface area (Å²) in [6.45, 7) is 4.29. The number of hydrogen-bond donors (Lipinski definition) is 2. The first-order valence-electron chi connectivity index (χ1n) is 7.68. The standard InChI is InChI=1S/C19H21ClN2O/c1-3-14(2)17-6-4-5-7-18(17)22-19(23)21-13-12-15-8-10-16(20)11-9-15/h4-14H,3H2,1-2H3,(H2,21,22,23)/b13-12+. The molecule has 1 atom stereocenters. The lowest BCUT2D eigenvalue weighted by atomic mass is 9.97. The predicted molar refractivity (Wildman–Crippen MR) is 97.8 cm³/mol. The molecule has 0 aliphatic heterocycles. The summed E-state index contributed by atoms with van der Waals surface area (Å²) in [5.41, 5.74) is 2.96. The molecule has 0 radical (unpaired) electrons. The second-order valence-electron chi connectivity index (χ2n) is 5.38. The fourth-order valence-corrected chi connectivity index (χ4v) is 2.33. The molecule has 0 saturated carbocycles. The van der Waals surface area contributed by atoms with E-state index in [1.54, 1.807) is 6.20 Å². The van der Waals surface area contributed by atoms with Crippen LogP contribution in [0.1, 0.15) is 37.3 Å². The van der Waals surface area contributed by atoms with Gasteiger partial charge < -0.3 is 10.6 Å². The van der Waals surface area contributed by atoms with Crippen LogP contribution in [0.2, 0.25) is 5.02 Å². The van der Waals surface area contributed by atoms with Gasteiger partial charge in [-0.25, -0.2) is 4.79 Å². The summed E-state index contributed by atoms with van der Waals surface area (Å²) in [4.78, 5) is 12.0. The largest absolute Gasteiger partial charge is 0.323 e. The molecule has 0 bridgehead atoms. The Morgan fingerprint density at radius 3 is 2.57 bits per heavy atom. The monoisotopic (exact) mass is 328 g/mol. The summed E-state index contributed by atoms with van der Waals surface area (Å²) in [5, 5.41) is 6.30. The highest BCUT2D eigenvalue weighted by molar-refractivity contribution is 6.30. The van der Waals surface area contributed by atoms with E-state index >= 15 is 0 Å². The van der Waals surface area contributed by atoms with Crippen LogP contribution in [0.3, 0.4) is 0 Å². The number of anilines is 1. The highest BCUT2D eigenvalue weighted by Crippen LogP contribution is 2.26. The van der Waals surface area contributed by atoms with Gasteiger partial charge in [0.1, 0.15) is 0 Å². The maximum atomic E-state index is 12.0. The summed E-state index contributed by atoms with van der Waals surface area (Å²) in [6, 6.07) is 15.0. The number of amides is 2. The molecule has 2 amide bonds. The third kappa shape index (κ3) is 5.15. The molecule has 3 nitrogen and oxygen atoms in total. The van der Waals surface area contributed by atoms with Gasteiger partial charge >= 0.3 is 6.03 Å². The molecule has 2 N–H and O–H groups in total. The van der Waals surface area contributed by atoms with Gasteiger partial charge in [0, 0.05) is 16.9 Å². The number of para-hydroxylation sites is 1. The Kier molecular flexibility index (Phi) is 6.24. The maximum absolute atomic E-state index is 12.0. The van der Waals surface area contributed by atoms with Gasteiger partial charge in [-0.3, -0.25) is 0 Å². The summed E-state index contributed by atoms with van der Waals surface area (Å²) in [7, 11) is 0. The normalized spacial score (nSPS) is 12.1. The molecule has 4 heteroatoms. The van der Waals surface area contributed by atoms with Crippen LogP contribution in [0.4, 0.5) is 10.5 Å². The zero-order valence-electron chi connectivity index (χ0n) is 13.3. The first-order valence-corrected chi connectivity index (χ1v) is 8.06. The number of rotatable bonds is 5. The van der Waals surface area contributed by atoms with Crippen LogP contribution in [0, 0.1) is 0 Å². The molecule has 0 heterocycles. The van der Waals surface area contributed by atoms with Crippen molar-refractivity contribution >= 4 is 29.4 Å². The number of hydrogen-bond acceptors (Lipinski definition) is 1. The molecular formula is C19H21ClN2O. The minimum Gasteiger partial charge on any atom is -0.314 e.